The van der Waals surface area contributed by atoms with E-state index in [1.807, 2.05) is 36.4 Å². The van der Waals surface area contributed by atoms with Gasteiger partial charge in [0.2, 0.25) is 23.7 Å². The van der Waals surface area contributed by atoms with Crippen LogP contribution in [0.5, 0.6) is 0 Å². The monoisotopic (exact) mass is 750 g/mol. The number of anilines is 2. The third kappa shape index (κ3) is 7.45. The minimum Gasteiger partial charge on any atom is -0.325 e. The Morgan fingerprint density at radius 3 is 1.38 bits per heavy atom. The summed E-state index contributed by atoms with van der Waals surface area (Å²) in [7, 11) is 0. The molecule has 2 atom stereocenters. The van der Waals surface area contributed by atoms with Crippen molar-refractivity contribution in [3.8, 4) is 0 Å². The molecular weight excluding hydrogens is 715 g/mol. The summed E-state index contributed by atoms with van der Waals surface area (Å²) in [5, 5.41) is 8.03. The van der Waals surface area contributed by atoms with E-state index in [0.717, 1.165) is 11.1 Å². The summed E-state index contributed by atoms with van der Waals surface area (Å²) in [4.78, 5) is 64.5. The first-order valence-electron chi connectivity index (χ1n) is 18.4. The normalized spacial score (nSPS) is 16.8. The number of nitrogens with one attached hydrogen (secondary N) is 2. The smallest absolute Gasteiger partial charge is 0.273 e. The number of pyridine rings is 2. The van der Waals surface area contributed by atoms with Crippen LogP contribution < -0.4 is 10.6 Å². The van der Waals surface area contributed by atoms with E-state index in [1.54, 1.807) is 72.8 Å². The Morgan fingerprint density at radius 2 is 0.964 bits per heavy atom. The molecule has 2 aliphatic rings. The summed E-state index contributed by atoms with van der Waals surface area (Å²) in [6.45, 7) is 0.739. The number of benzene rings is 4. The minimum absolute atomic E-state index is 0.00453. The van der Waals surface area contributed by atoms with Crippen LogP contribution in [0.1, 0.15) is 57.8 Å². The van der Waals surface area contributed by atoms with Crippen molar-refractivity contribution in [3.05, 3.63) is 144 Å². The zero-order valence-electron chi connectivity index (χ0n) is 30.1. The van der Waals surface area contributed by atoms with Gasteiger partial charge in [-0.05, 0) is 71.8 Å². The van der Waals surface area contributed by atoms with E-state index < -0.39 is 35.8 Å². The molecule has 0 bridgehead atoms. The van der Waals surface area contributed by atoms with Crippen LogP contribution in [0.25, 0.3) is 33.7 Å². The number of carbonyl (C=O) groups excluding carboxylic acids is 4. The number of carbonyl (C=O) groups is 4. The first-order valence-corrected chi connectivity index (χ1v) is 18.4. The summed E-state index contributed by atoms with van der Waals surface area (Å²) in [6, 6.07) is 29.6. The highest BCUT2D eigenvalue weighted by Crippen LogP contribution is 2.27. The molecular formula is C44H36F2N6O4. The molecule has 280 valence electrons. The van der Waals surface area contributed by atoms with Crippen LogP contribution in [-0.2, 0) is 9.59 Å². The van der Waals surface area contributed by atoms with Gasteiger partial charge < -0.3 is 20.4 Å². The van der Waals surface area contributed by atoms with Crippen molar-refractivity contribution in [2.45, 2.75) is 37.8 Å². The van der Waals surface area contributed by atoms with Gasteiger partial charge in [-0.1, -0.05) is 84.9 Å². The van der Waals surface area contributed by atoms with Gasteiger partial charge in [0.05, 0.1) is 0 Å². The predicted molar refractivity (Wildman–Crippen MR) is 211 cm³/mol. The summed E-state index contributed by atoms with van der Waals surface area (Å²) < 4.78 is 28.6. The predicted octanol–water partition coefficient (Wildman–Crippen LogP) is 7.72. The van der Waals surface area contributed by atoms with Crippen molar-refractivity contribution in [1.29, 1.82) is 0 Å². The van der Waals surface area contributed by atoms with E-state index >= 15 is 0 Å². The van der Waals surface area contributed by atoms with Crippen LogP contribution in [-0.4, -0.2) is 68.6 Å². The number of amides is 4. The standard InChI is InChI=1S/C44H36F2N6O4/c45-37-25-29-7-1-3-9-33(29)39(49-37)43(55)51-23-5-11-35(51)41(53)47-31-19-15-27(16-20-31)13-14-28-17-21-32(22-18-28)48-42(54)36-12-6-24-52(36)44(56)40-34-10-4-2-8-30(34)26-38(46)50-40/h1-4,7-10,13-22,25-26,35-36H,5-6,11-12,23-24H2,(H,47,53)(H,48,54)/b14-13+/t35-,36-/m0/s1. The maximum absolute atomic E-state index is 14.3. The number of aromatic nitrogens is 2. The first kappa shape index (κ1) is 36.2. The molecule has 0 spiro atoms. The molecule has 2 aliphatic heterocycles. The molecule has 0 saturated carbocycles. The fourth-order valence-electron chi connectivity index (χ4n) is 7.49. The fourth-order valence-corrected chi connectivity index (χ4v) is 7.49. The van der Waals surface area contributed by atoms with Crippen LogP contribution in [0.2, 0.25) is 0 Å². The second kappa shape index (κ2) is 15.5. The second-order valence-corrected chi connectivity index (χ2v) is 13.9. The van der Waals surface area contributed by atoms with Crippen LogP contribution in [0.3, 0.4) is 0 Å². The Hall–Kier alpha value is -6.82. The van der Waals surface area contributed by atoms with Crippen LogP contribution in [0.4, 0.5) is 20.2 Å². The van der Waals surface area contributed by atoms with Gasteiger partial charge in [-0.2, -0.15) is 8.78 Å². The van der Waals surface area contributed by atoms with Gasteiger partial charge in [-0.3, -0.25) is 19.2 Å². The Kier molecular flexibility index (Phi) is 10.0. The quantitative estimate of drug-likeness (QED) is 0.121. The van der Waals surface area contributed by atoms with Gasteiger partial charge in [0.25, 0.3) is 11.8 Å². The molecule has 0 unspecified atom stereocenters. The topological polar surface area (TPSA) is 125 Å². The SMILES string of the molecule is O=C(Nc1ccc(/C=C/c2ccc(NC(=O)[C@@H]3CCCN3C(=O)c3nc(F)cc4ccccc34)cc2)cc1)[C@@H]1CCCN1C(=O)c1nc(F)cc2ccccc12. The molecule has 6 aromatic rings. The third-order valence-corrected chi connectivity index (χ3v) is 10.3. The van der Waals surface area contributed by atoms with Crippen molar-refractivity contribution in [3.63, 3.8) is 0 Å². The molecule has 12 heteroatoms. The van der Waals surface area contributed by atoms with E-state index in [9.17, 15) is 28.0 Å². The Bertz CT molecular complexity index is 2350. The molecule has 10 nitrogen and oxygen atoms in total. The van der Waals surface area contributed by atoms with E-state index in [0.29, 0.717) is 71.7 Å². The lowest BCUT2D eigenvalue weighted by atomic mass is 10.1. The second-order valence-electron chi connectivity index (χ2n) is 13.9. The van der Waals surface area contributed by atoms with Crippen molar-refractivity contribution < 1.29 is 28.0 Å². The summed E-state index contributed by atoms with van der Waals surface area (Å²) in [5.74, 6) is -3.10. The van der Waals surface area contributed by atoms with Crippen LogP contribution >= 0.6 is 0 Å². The van der Waals surface area contributed by atoms with E-state index in [-0.39, 0.29) is 23.2 Å². The first-order chi connectivity index (χ1) is 27.2. The zero-order valence-corrected chi connectivity index (χ0v) is 30.1. The number of fused-ring (bicyclic) bond motifs is 2. The van der Waals surface area contributed by atoms with Crippen molar-refractivity contribution in [1.82, 2.24) is 19.8 Å². The van der Waals surface area contributed by atoms with E-state index in [1.165, 1.54) is 21.9 Å². The molecule has 4 amide bonds. The number of nitrogens with zero attached hydrogens (tertiary/aromatic N) is 4. The van der Waals surface area contributed by atoms with Gasteiger partial charge in [0, 0.05) is 47.4 Å². The average Bonchev–Trinajstić information content (AvgIpc) is 3.91. The summed E-state index contributed by atoms with van der Waals surface area (Å²) >= 11 is 0. The fraction of sp³-hybridized carbons (Fsp3) is 0.182. The van der Waals surface area contributed by atoms with Crippen LogP contribution in [0.15, 0.2) is 109 Å². The lowest BCUT2D eigenvalue weighted by Crippen LogP contribution is -2.43. The Labute approximate surface area is 320 Å². The minimum atomic E-state index is -0.749. The Morgan fingerprint density at radius 1 is 0.571 bits per heavy atom. The molecule has 0 aliphatic carbocycles. The molecule has 56 heavy (non-hydrogen) atoms. The van der Waals surface area contributed by atoms with Gasteiger partial charge >= 0.3 is 0 Å². The molecule has 2 aromatic heterocycles. The highest BCUT2D eigenvalue weighted by molar-refractivity contribution is 6.09. The van der Waals surface area contributed by atoms with E-state index in [2.05, 4.69) is 20.6 Å². The molecule has 2 N–H and O–H groups in total. The third-order valence-electron chi connectivity index (χ3n) is 10.3. The largest absolute Gasteiger partial charge is 0.325 e. The van der Waals surface area contributed by atoms with Gasteiger partial charge in [0.15, 0.2) is 0 Å². The maximum atomic E-state index is 14.3. The van der Waals surface area contributed by atoms with E-state index in [4.69, 9.17) is 0 Å². The lowest BCUT2D eigenvalue weighted by molar-refractivity contribution is -0.120. The molecule has 2 saturated heterocycles. The highest BCUT2D eigenvalue weighted by Gasteiger charge is 2.37. The highest BCUT2D eigenvalue weighted by atomic mass is 19.1. The lowest BCUT2D eigenvalue weighted by Gasteiger charge is -2.24. The molecule has 0 radical (unpaired) electrons. The van der Waals surface area contributed by atoms with Gasteiger partial charge in [0.1, 0.15) is 23.5 Å². The van der Waals surface area contributed by atoms with Crippen molar-refractivity contribution in [2.24, 2.45) is 0 Å². The summed E-state index contributed by atoms with van der Waals surface area (Å²) in [5.41, 5.74) is 2.90. The van der Waals surface area contributed by atoms with Crippen LogP contribution in [0, 0.1) is 11.9 Å². The number of likely N-dealkylation sites (tertiary alicyclic amines) is 2. The zero-order chi connectivity index (χ0) is 38.8. The number of halogens is 2. The molecule has 8 rings (SSSR count). The maximum Gasteiger partial charge on any atom is 0.273 e. The van der Waals surface area contributed by atoms with Crippen molar-refractivity contribution >= 4 is 68.7 Å². The van der Waals surface area contributed by atoms with Gasteiger partial charge in [-0.15, -0.1) is 0 Å². The molecule has 4 aromatic carbocycles. The molecule has 4 heterocycles. The molecule has 2 fully saturated rings. The average molecular weight is 751 g/mol. The summed E-state index contributed by atoms with van der Waals surface area (Å²) in [6.07, 6.45) is 6.08. The number of rotatable bonds is 8. The number of hydrogen-bond acceptors (Lipinski definition) is 6. The van der Waals surface area contributed by atoms with Crippen molar-refractivity contribution in [2.75, 3.05) is 23.7 Å². The number of hydrogen-bond donors (Lipinski definition) is 2. The Balaban J connectivity index is 0.865. The van der Waals surface area contributed by atoms with Gasteiger partial charge in [-0.25, -0.2) is 9.97 Å².